The maximum atomic E-state index is 13.2. The van der Waals surface area contributed by atoms with Crippen LogP contribution in [-0.2, 0) is 6.54 Å². The van der Waals surface area contributed by atoms with Gasteiger partial charge in [-0.15, -0.1) is 0 Å². The van der Waals surface area contributed by atoms with E-state index < -0.39 is 0 Å². The van der Waals surface area contributed by atoms with Crippen LogP contribution in [0.5, 0.6) is 5.75 Å². The van der Waals surface area contributed by atoms with Gasteiger partial charge < -0.3 is 15.4 Å². The van der Waals surface area contributed by atoms with Crippen LogP contribution in [0, 0.1) is 0 Å². The van der Waals surface area contributed by atoms with Crippen LogP contribution in [0.4, 0.5) is 11.5 Å². The lowest BCUT2D eigenvalue weighted by atomic mass is 10.0. The van der Waals surface area contributed by atoms with Gasteiger partial charge in [0, 0.05) is 44.3 Å². The summed E-state index contributed by atoms with van der Waals surface area (Å²) in [5.74, 6) is 0.982. The zero-order valence-corrected chi connectivity index (χ0v) is 18.1. The highest BCUT2D eigenvalue weighted by molar-refractivity contribution is 6.30. The van der Waals surface area contributed by atoms with Gasteiger partial charge in [-0.05, 0) is 65.7 Å². The average molecular weight is 449 g/mol. The number of nitrogens with one attached hydrogen (secondary N) is 2. The van der Waals surface area contributed by atoms with Crippen molar-refractivity contribution in [2.24, 2.45) is 0 Å². The Morgan fingerprint density at radius 3 is 2.41 bits per heavy atom. The van der Waals surface area contributed by atoms with E-state index in [-0.39, 0.29) is 8.76 Å². The Morgan fingerprint density at radius 1 is 1.00 bits per heavy atom. The van der Waals surface area contributed by atoms with Gasteiger partial charge in [-0.25, -0.2) is 4.98 Å². The number of carbonyl (C=O) groups excluding carboxylic acids is 1. The maximum absolute atomic E-state index is 13.2. The number of ether oxygens (including phenoxy) is 1. The minimum atomic E-state index is -0.271. The third-order valence-corrected chi connectivity index (χ3v) is 5.12. The van der Waals surface area contributed by atoms with Gasteiger partial charge in [0.15, 0.2) is 0 Å². The highest BCUT2D eigenvalue weighted by atomic mass is 35.5. The van der Waals surface area contributed by atoms with E-state index in [0.29, 0.717) is 28.6 Å². The number of halogens is 1. The number of nitrogens with zero attached hydrogens (tertiary/aromatic N) is 2. The standard InChI is InChI=1S/C25H21ClN4O2.2H2/c1-32-22-8-2-18(3-9-22)19-14-23(25(31)30-21-6-4-20(26)5-7-21)24(29-16-19)28-15-17-10-12-27-13-11-17;;/h2-14,16H,15H2,1H3,(H,28,29)(H,30,31);2*1H. The Bertz CT molecular complexity index is 1210. The zero-order valence-electron chi connectivity index (χ0n) is 17.4. The largest absolute Gasteiger partial charge is 0.497 e. The topological polar surface area (TPSA) is 76.1 Å². The second-order valence-electron chi connectivity index (χ2n) is 7.02. The van der Waals surface area contributed by atoms with E-state index in [0.717, 1.165) is 22.4 Å². The Kier molecular flexibility index (Phi) is 6.63. The molecule has 0 spiro atoms. The van der Waals surface area contributed by atoms with Gasteiger partial charge in [0.1, 0.15) is 11.6 Å². The van der Waals surface area contributed by atoms with Crippen LogP contribution in [0.3, 0.4) is 0 Å². The fraction of sp³-hybridized carbons (Fsp3) is 0.0800. The first-order valence-electron chi connectivity index (χ1n) is 9.96. The number of carbonyl (C=O) groups is 1. The molecular formula is C25H25ClN4O2. The van der Waals surface area contributed by atoms with Crippen molar-refractivity contribution in [3.63, 3.8) is 0 Å². The van der Waals surface area contributed by atoms with Crippen molar-refractivity contribution in [2.45, 2.75) is 6.54 Å². The first-order valence-corrected chi connectivity index (χ1v) is 10.3. The fourth-order valence-corrected chi connectivity index (χ4v) is 3.26. The van der Waals surface area contributed by atoms with E-state index >= 15 is 0 Å². The molecule has 0 fully saturated rings. The van der Waals surface area contributed by atoms with E-state index in [4.69, 9.17) is 16.3 Å². The van der Waals surface area contributed by atoms with Crippen LogP contribution in [0.1, 0.15) is 18.8 Å². The third-order valence-electron chi connectivity index (χ3n) is 4.87. The number of methoxy groups -OCH3 is 1. The fourth-order valence-electron chi connectivity index (χ4n) is 3.14. The number of amides is 1. The molecule has 2 heterocycles. The summed E-state index contributed by atoms with van der Waals surface area (Å²) in [5, 5.41) is 6.78. The second kappa shape index (κ2) is 9.94. The Hall–Kier alpha value is -3.90. The predicted molar refractivity (Wildman–Crippen MR) is 131 cm³/mol. The Labute approximate surface area is 194 Å². The molecule has 4 aromatic rings. The van der Waals surface area contributed by atoms with Crippen molar-refractivity contribution in [1.29, 1.82) is 0 Å². The molecule has 0 saturated heterocycles. The maximum Gasteiger partial charge on any atom is 0.259 e. The molecule has 2 N–H and O–H groups in total. The van der Waals surface area contributed by atoms with Crippen LogP contribution >= 0.6 is 11.6 Å². The summed E-state index contributed by atoms with van der Waals surface area (Å²) in [6.45, 7) is 0.513. The van der Waals surface area contributed by atoms with Gasteiger partial charge >= 0.3 is 0 Å². The SMILES string of the molecule is COc1ccc(-c2cnc(NCc3ccncc3)c(C(=O)Nc3ccc(Cl)cc3)c2)cc1.[HH].[HH]. The van der Waals surface area contributed by atoms with Crippen molar-refractivity contribution in [2.75, 3.05) is 17.7 Å². The van der Waals surface area contributed by atoms with E-state index in [1.165, 1.54) is 0 Å². The van der Waals surface area contributed by atoms with Crippen molar-refractivity contribution in [3.8, 4) is 16.9 Å². The predicted octanol–water partition coefficient (Wildman–Crippen LogP) is 6.16. The van der Waals surface area contributed by atoms with Gasteiger partial charge in [0.2, 0.25) is 0 Å². The summed E-state index contributed by atoms with van der Waals surface area (Å²) in [4.78, 5) is 21.7. The molecule has 0 aliphatic rings. The van der Waals surface area contributed by atoms with Crippen LogP contribution in [0.15, 0.2) is 85.3 Å². The summed E-state index contributed by atoms with van der Waals surface area (Å²) in [5.41, 5.74) is 3.87. The molecule has 6 nitrogen and oxygen atoms in total. The lowest BCUT2D eigenvalue weighted by molar-refractivity contribution is 0.102. The number of rotatable bonds is 7. The molecule has 0 bridgehead atoms. The van der Waals surface area contributed by atoms with Crippen LogP contribution in [-0.4, -0.2) is 23.0 Å². The molecule has 2 aromatic carbocycles. The lowest BCUT2D eigenvalue weighted by Crippen LogP contribution is -2.16. The number of benzene rings is 2. The molecule has 0 radical (unpaired) electrons. The second-order valence-corrected chi connectivity index (χ2v) is 7.46. The number of anilines is 2. The first kappa shape index (κ1) is 21.3. The summed E-state index contributed by atoms with van der Waals surface area (Å²) in [6, 6.07) is 20.2. The van der Waals surface area contributed by atoms with Gasteiger partial charge in [-0.1, -0.05) is 23.7 Å². The highest BCUT2D eigenvalue weighted by Gasteiger charge is 2.15. The molecule has 1 amide bonds. The molecule has 0 atom stereocenters. The summed E-state index contributed by atoms with van der Waals surface area (Å²) >= 11 is 5.95. The number of pyridine rings is 2. The highest BCUT2D eigenvalue weighted by Crippen LogP contribution is 2.26. The third kappa shape index (κ3) is 5.22. The molecule has 4 rings (SSSR count). The Balaban J connectivity index is 0.00000204. The average Bonchev–Trinajstić information content (AvgIpc) is 2.85. The molecule has 2 aromatic heterocycles. The monoisotopic (exact) mass is 448 g/mol. The van der Waals surface area contributed by atoms with Gasteiger partial charge in [0.25, 0.3) is 5.91 Å². The normalized spacial score (nSPS) is 10.4. The Morgan fingerprint density at radius 2 is 1.72 bits per heavy atom. The molecule has 7 heteroatoms. The summed E-state index contributed by atoms with van der Waals surface area (Å²) in [6.07, 6.45) is 5.20. The molecule has 164 valence electrons. The van der Waals surface area contributed by atoms with Crippen molar-refractivity contribution in [1.82, 2.24) is 9.97 Å². The van der Waals surface area contributed by atoms with E-state index in [2.05, 4.69) is 20.6 Å². The summed E-state index contributed by atoms with van der Waals surface area (Å²) in [7, 11) is 1.62. The minimum Gasteiger partial charge on any atom is -0.497 e. The molecule has 0 unspecified atom stereocenters. The van der Waals surface area contributed by atoms with E-state index in [9.17, 15) is 4.79 Å². The number of hydrogen-bond donors (Lipinski definition) is 2. The van der Waals surface area contributed by atoms with Gasteiger partial charge in [-0.3, -0.25) is 9.78 Å². The van der Waals surface area contributed by atoms with Crippen molar-refractivity contribution < 1.29 is 12.4 Å². The summed E-state index contributed by atoms with van der Waals surface area (Å²) < 4.78 is 5.23. The number of aromatic nitrogens is 2. The van der Waals surface area contributed by atoms with Crippen molar-refractivity contribution >= 4 is 29.0 Å². The van der Waals surface area contributed by atoms with Crippen LogP contribution in [0.2, 0.25) is 5.02 Å². The smallest absolute Gasteiger partial charge is 0.259 e. The zero-order chi connectivity index (χ0) is 22.3. The lowest BCUT2D eigenvalue weighted by Gasteiger charge is -2.14. The van der Waals surface area contributed by atoms with Gasteiger partial charge in [-0.2, -0.15) is 0 Å². The molecule has 0 aliphatic heterocycles. The molecular weight excluding hydrogens is 424 g/mol. The molecule has 0 saturated carbocycles. The first-order chi connectivity index (χ1) is 15.6. The van der Waals surface area contributed by atoms with Crippen LogP contribution < -0.4 is 15.4 Å². The molecule has 0 aliphatic carbocycles. The quantitative estimate of drug-likeness (QED) is 0.354. The van der Waals surface area contributed by atoms with E-state index in [1.807, 2.05) is 42.5 Å². The van der Waals surface area contributed by atoms with Gasteiger partial charge in [0.05, 0.1) is 12.7 Å². The molecule has 32 heavy (non-hydrogen) atoms. The minimum absolute atomic E-state index is 0. The van der Waals surface area contributed by atoms with E-state index in [1.54, 1.807) is 50.0 Å². The van der Waals surface area contributed by atoms with Crippen molar-refractivity contribution in [3.05, 3.63) is 101 Å². The van der Waals surface area contributed by atoms with Crippen LogP contribution in [0.25, 0.3) is 11.1 Å². The number of hydrogen-bond acceptors (Lipinski definition) is 5.